The Labute approximate surface area is 133 Å². The van der Waals surface area contributed by atoms with Crippen molar-refractivity contribution in [3.63, 3.8) is 0 Å². The zero-order valence-corrected chi connectivity index (χ0v) is 12.9. The summed E-state index contributed by atoms with van der Waals surface area (Å²) in [6.07, 6.45) is 3.09. The second kappa shape index (κ2) is 6.30. The Morgan fingerprint density at radius 3 is 2.77 bits per heavy atom. The maximum atomic E-state index is 9.44. The minimum Gasteiger partial charge on any atom is -0.392 e. The van der Waals surface area contributed by atoms with E-state index in [1.807, 2.05) is 36.4 Å². The number of halogens is 1. The normalized spacial score (nSPS) is 12.3. The molecule has 2 N–H and O–H groups in total. The molecule has 2 heterocycles. The van der Waals surface area contributed by atoms with Crippen LogP contribution in [0.3, 0.4) is 0 Å². The zero-order valence-electron chi connectivity index (χ0n) is 12.1. The van der Waals surface area contributed by atoms with Gasteiger partial charge in [0.2, 0.25) is 0 Å². The first-order valence-electron chi connectivity index (χ1n) is 7.07. The van der Waals surface area contributed by atoms with Crippen LogP contribution in [0.4, 0.5) is 5.82 Å². The summed E-state index contributed by atoms with van der Waals surface area (Å²) in [6.45, 7) is 2.17. The molecule has 0 saturated carbocycles. The molecule has 3 aromatic rings. The molecule has 2 aromatic heterocycles. The predicted octanol–water partition coefficient (Wildman–Crippen LogP) is 3.74. The van der Waals surface area contributed by atoms with Crippen LogP contribution >= 0.6 is 11.6 Å². The number of aliphatic hydroxyl groups is 1. The number of anilines is 1. The smallest absolute Gasteiger partial charge is 0.133 e. The van der Waals surface area contributed by atoms with Gasteiger partial charge >= 0.3 is 0 Å². The number of aliphatic hydroxyl groups excluding tert-OH is 1. The third-order valence-electron chi connectivity index (χ3n) is 3.36. The van der Waals surface area contributed by atoms with E-state index >= 15 is 0 Å². The summed E-state index contributed by atoms with van der Waals surface area (Å²) >= 11 is 6.16. The maximum Gasteiger partial charge on any atom is 0.133 e. The molecule has 0 spiro atoms. The molecule has 0 saturated heterocycles. The lowest BCUT2D eigenvalue weighted by molar-refractivity contribution is 0.208. The standard InChI is InChI=1S/C17H16ClN3O/c1-11(22)9-20-17-13-6-5-12(18)8-14(13)15(10-21-17)16-4-2-3-7-19-16/h2-8,10-11,22H,9H2,1H3,(H,20,21). The number of pyridine rings is 2. The molecule has 0 bridgehead atoms. The highest BCUT2D eigenvalue weighted by Crippen LogP contribution is 2.32. The van der Waals surface area contributed by atoms with Crippen molar-refractivity contribution in [1.29, 1.82) is 0 Å². The first-order valence-corrected chi connectivity index (χ1v) is 7.44. The van der Waals surface area contributed by atoms with E-state index in [0.29, 0.717) is 11.6 Å². The van der Waals surface area contributed by atoms with Gasteiger partial charge in [-0.1, -0.05) is 17.7 Å². The molecule has 1 aromatic carbocycles. The Hall–Kier alpha value is -2.17. The lowest BCUT2D eigenvalue weighted by Crippen LogP contribution is -2.16. The molecule has 3 rings (SSSR count). The van der Waals surface area contributed by atoms with E-state index < -0.39 is 6.10 Å². The first kappa shape index (κ1) is 14.8. The fourth-order valence-electron chi connectivity index (χ4n) is 2.33. The van der Waals surface area contributed by atoms with Crippen LogP contribution in [0.15, 0.2) is 48.8 Å². The van der Waals surface area contributed by atoms with Crippen molar-refractivity contribution < 1.29 is 5.11 Å². The number of fused-ring (bicyclic) bond motifs is 1. The van der Waals surface area contributed by atoms with Crippen molar-refractivity contribution >= 4 is 28.2 Å². The highest BCUT2D eigenvalue weighted by molar-refractivity contribution is 6.31. The van der Waals surface area contributed by atoms with E-state index in [4.69, 9.17) is 11.6 Å². The van der Waals surface area contributed by atoms with Gasteiger partial charge in [-0.15, -0.1) is 0 Å². The fourth-order valence-corrected chi connectivity index (χ4v) is 2.50. The summed E-state index contributed by atoms with van der Waals surface area (Å²) in [4.78, 5) is 8.87. The van der Waals surface area contributed by atoms with Gasteiger partial charge in [-0.2, -0.15) is 0 Å². The van der Waals surface area contributed by atoms with Gasteiger partial charge in [0.15, 0.2) is 0 Å². The summed E-state index contributed by atoms with van der Waals surface area (Å²) in [5, 5.41) is 15.2. The summed E-state index contributed by atoms with van der Waals surface area (Å²) in [6, 6.07) is 11.4. The molecular formula is C17H16ClN3O. The molecule has 112 valence electrons. The van der Waals surface area contributed by atoms with Crippen molar-refractivity contribution in [3.8, 4) is 11.3 Å². The summed E-state index contributed by atoms with van der Waals surface area (Å²) in [5.41, 5.74) is 1.78. The number of hydrogen-bond donors (Lipinski definition) is 2. The molecule has 0 aliphatic rings. The highest BCUT2D eigenvalue weighted by Gasteiger charge is 2.11. The summed E-state index contributed by atoms with van der Waals surface area (Å²) in [5.74, 6) is 0.729. The zero-order chi connectivity index (χ0) is 15.5. The van der Waals surface area contributed by atoms with Crippen molar-refractivity contribution in [2.75, 3.05) is 11.9 Å². The lowest BCUT2D eigenvalue weighted by Gasteiger charge is -2.13. The van der Waals surface area contributed by atoms with Crippen molar-refractivity contribution in [2.45, 2.75) is 13.0 Å². The van der Waals surface area contributed by atoms with Gasteiger partial charge in [0.05, 0.1) is 11.8 Å². The lowest BCUT2D eigenvalue weighted by atomic mass is 10.0. The second-order valence-corrected chi connectivity index (χ2v) is 5.59. The summed E-state index contributed by atoms with van der Waals surface area (Å²) < 4.78 is 0. The van der Waals surface area contributed by atoms with Crippen LogP contribution in [0.5, 0.6) is 0 Å². The molecule has 1 atom stereocenters. The second-order valence-electron chi connectivity index (χ2n) is 5.16. The molecule has 0 amide bonds. The van der Waals surface area contributed by atoms with E-state index in [9.17, 15) is 5.11 Å². The number of nitrogens with one attached hydrogen (secondary N) is 1. The monoisotopic (exact) mass is 313 g/mol. The van der Waals surface area contributed by atoms with Gasteiger partial charge < -0.3 is 10.4 Å². The Bertz CT molecular complexity index is 791. The van der Waals surface area contributed by atoms with E-state index in [1.165, 1.54) is 0 Å². The molecule has 0 fully saturated rings. The van der Waals surface area contributed by atoms with Crippen LogP contribution in [-0.4, -0.2) is 27.7 Å². The molecule has 1 unspecified atom stereocenters. The number of rotatable bonds is 4. The molecule has 0 aliphatic carbocycles. The molecule has 0 aliphatic heterocycles. The highest BCUT2D eigenvalue weighted by atomic mass is 35.5. The number of hydrogen-bond acceptors (Lipinski definition) is 4. The SMILES string of the molecule is CC(O)CNc1ncc(-c2ccccn2)c2cc(Cl)ccc12. The molecule has 5 heteroatoms. The predicted molar refractivity (Wildman–Crippen MR) is 90.2 cm³/mol. The number of aromatic nitrogens is 2. The van der Waals surface area contributed by atoms with Crippen molar-refractivity contribution in [1.82, 2.24) is 9.97 Å². The molecule has 0 radical (unpaired) electrons. The van der Waals surface area contributed by atoms with Gasteiger partial charge in [-0.25, -0.2) is 4.98 Å². The average molecular weight is 314 g/mol. The topological polar surface area (TPSA) is 58.0 Å². The molecular weight excluding hydrogens is 298 g/mol. The van der Waals surface area contributed by atoms with Gasteiger partial charge in [0.25, 0.3) is 0 Å². The Balaban J connectivity index is 2.15. The van der Waals surface area contributed by atoms with E-state index in [1.54, 1.807) is 19.3 Å². The van der Waals surface area contributed by atoms with Crippen LogP contribution in [-0.2, 0) is 0 Å². The van der Waals surface area contributed by atoms with Gasteiger partial charge in [0, 0.05) is 34.9 Å². The van der Waals surface area contributed by atoms with Crippen molar-refractivity contribution in [2.24, 2.45) is 0 Å². The third kappa shape index (κ3) is 3.03. The summed E-state index contributed by atoms with van der Waals surface area (Å²) in [7, 11) is 0. The van der Waals surface area contributed by atoms with Crippen LogP contribution in [0, 0.1) is 0 Å². The Morgan fingerprint density at radius 2 is 2.05 bits per heavy atom. The van der Waals surface area contributed by atoms with Crippen LogP contribution < -0.4 is 5.32 Å². The molecule has 4 nitrogen and oxygen atoms in total. The third-order valence-corrected chi connectivity index (χ3v) is 3.59. The van der Waals surface area contributed by atoms with Crippen LogP contribution in [0.1, 0.15) is 6.92 Å². The number of nitrogens with zero attached hydrogens (tertiary/aromatic N) is 2. The minimum atomic E-state index is -0.445. The van der Waals surface area contributed by atoms with Crippen molar-refractivity contribution in [3.05, 3.63) is 53.8 Å². The van der Waals surface area contributed by atoms with Gasteiger partial charge in [-0.05, 0) is 42.6 Å². The first-order chi connectivity index (χ1) is 10.6. The average Bonchev–Trinajstić information content (AvgIpc) is 2.53. The van der Waals surface area contributed by atoms with Gasteiger partial charge in [0.1, 0.15) is 5.82 Å². The Morgan fingerprint density at radius 1 is 1.18 bits per heavy atom. The fraction of sp³-hybridized carbons (Fsp3) is 0.176. The van der Waals surface area contributed by atoms with Crippen LogP contribution in [0.25, 0.3) is 22.0 Å². The van der Waals surface area contributed by atoms with E-state index in [0.717, 1.165) is 27.8 Å². The van der Waals surface area contributed by atoms with Gasteiger partial charge in [-0.3, -0.25) is 4.98 Å². The quantitative estimate of drug-likeness (QED) is 0.770. The molecule has 22 heavy (non-hydrogen) atoms. The Kier molecular flexibility index (Phi) is 4.22. The maximum absolute atomic E-state index is 9.44. The largest absolute Gasteiger partial charge is 0.392 e. The van der Waals surface area contributed by atoms with Crippen LogP contribution in [0.2, 0.25) is 5.02 Å². The number of benzene rings is 1. The van der Waals surface area contributed by atoms with E-state index in [2.05, 4.69) is 15.3 Å². The minimum absolute atomic E-state index is 0.438. The van der Waals surface area contributed by atoms with E-state index in [-0.39, 0.29) is 0 Å².